The number of alkyl halides is 1. The van der Waals surface area contributed by atoms with E-state index < -0.39 is 18.2 Å². The summed E-state index contributed by atoms with van der Waals surface area (Å²) in [5.74, 6) is -1.22. The Balaban J connectivity index is 1.03. The van der Waals surface area contributed by atoms with E-state index >= 15 is 4.39 Å². The lowest BCUT2D eigenvalue weighted by molar-refractivity contribution is -0.139. The van der Waals surface area contributed by atoms with Crippen molar-refractivity contribution in [2.45, 2.75) is 56.5 Å². The van der Waals surface area contributed by atoms with Gasteiger partial charge in [-0.25, -0.2) is 9.37 Å². The third-order valence-corrected chi connectivity index (χ3v) is 8.51. The standard InChI is InChI=1S/C25H33F2N5O3/c26-20-14(1-4-16-21(20)30-24(33)17-7-12-35-22(16)17)13-31-8-10-32(11-9-31)19-6-5-18(29-23(19)27)25(34)28-15-2-3-15/h5-6,14-17,20-22H,1-4,7-13H2,(H,28,34)(H,30,33). The highest BCUT2D eigenvalue weighted by Gasteiger charge is 2.53. The molecule has 4 heterocycles. The van der Waals surface area contributed by atoms with Crippen LogP contribution in [0.5, 0.6) is 0 Å². The number of fused-ring (bicyclic) bond motifs is 3. The van der Waals surface area contributed by atoms with E-state index in [9.17, 15) is 14.0 Å². The first kappa shape index (κ1) is 23.1. The monoisotopic (exact) mass is 489 g/mol. The lowest BCUT2D eigenvalue weighted by Crippen LogP contribution is -2.63. The molecule has 5 fully saturated rings. The smallest absolute Gasteiger partial charge is 0.270 e. The molecule has 5 aliphatic rings. The summed E-state index contributed by atoms with van der Waals surface area (Å²) in [5, 5.41) is 5.80. The lowest BCUT2D eigenvalue weighted by Gasteiger charge is -2.47. The minimum absolute atomic E-state index is 0.0580. The van der Waals surface area contributed by atoms with Crippen molar-refractivity contribution in [1.29, 1.82) is 0 Å². The second kappa shape index (κ2) is 9.28. The summed E-state index contributed by atoms with van der Waals surface area (Å²) >= 11 is 0. The fourth-order valence-electron chi connectivity index (χ4n) is 6.39. The summed E-state index contributed by atoms with van der Waals surface area (Å²) in [6.07, 6.45) is 3.10. The molecule has 0 aromatic carbocycles. The van der Waals surface area contributed by atoms with Crippen molar-refractivity contribution in [1.82, 2.24) is 20.5 Å². The summed E-state index contributed by atoms with van der Waals surface area (Å²) in [6, 6.07) is 2.94. The van der Waals surface area contributed by atoms with Crippen LogP contribution < -0.4 is 15.5 Å². The minimum Gasteiger partial charge on any atom is -0.377 e. The average molecular weight is 490 g/mol. The molecule has 2 amide bonds. The van der Waals surface area contributed by atoms with Gasteiger partial charge in [-0.05, 0) is 44.2 Å². The summed E-state index contributed by atoms with van der Waals surface area (Å²) in [6.45, 7) is 3.82. The van der Waals surface area contributed by atoms with Crippen molar-refractivity contribution in [2.24, 2.45) is 17.8 Å². The first-order valence-corrected chi connectivity index (χ1v) is 13.0. The van der Waals surface area contributed by atoms with E-state index in [1.807, 2.05) is 4.90 Å². The molecule has 3 aliphatic heterocycles. The number of ether oxygens (including phenoxy) is 1. The van der Waals surface area contributed by atoms with Crippen LogP contribution >= 0.6 is 0 Å². The van der Waals surface area contributed by atoms with Gasteiger partial charge >= 0.3 is 0 Å². The Hall–Kier alpha value is -2.33. The molecule has 2 saturated carbocycles. The predicted octanol–water partition coefficient (Wildman–Crippen LogP) is 1.50. The number of nitrogens with one attached hydrogen (secondary N) is 2. The summed E-state index contributed by atoms with van der Waals surface area (Å²) in [4.78, 5) is 32.6. The number of piperidine rings is 1. The first-order valence-electron chi connectivity index (χ1n) is 13.0. The third kappa shape index (κ3) is 4.50. The van der Waals surface area contributed by atoms with E-state index in [1.165, 1.54) is 0 Å². The number of hydrogen-bond donors (Lipinski definition) is 2. The maximum atomic E-state index is 15.6. The minimum atomic E-state index is -1.09. The van der Waals surface area contributed by atoms with Crippen LogP contribution in [0.3, 0.4) is 0 Å². The Bertz CT molecular complexity index is 984. The average Bonchev–Trinajstić information content (AvgIpc) is 3.52. The molecule has 1 aromatic heterocycles. The van der Waals surface area contributed by atoms with Gasteiger partial charge in [-0.15, -0.1) is 0 Å². The molecule has 2 N–H and O–H groups in total. The summed E-state index contributed by atoms with van der Waals surface area (Å²) < 4.78 is 36.1. The van der Waals surface area contributed by atoms with Crippen molar-refractivity contribution in [3.8, 4) is 0 Å². The Morgan fingerprint density at radius 2 is 1.94 bits per heavy atom. The number of amides is 2. The van der Waals surface area contributed by atoms with E-state index in [2.05, 4.69) is 20.5 Å². The first-order chi connectivity index (χ1) is 17.0. The number of carbonyl (C=O) groups excluding carboxylic acids is 2. The van der Waals surface area contributed by atoms with Crippen LogP contribution in [0.1, 0.15) is 42.6 Å². The van der Waals surface area contributed by atoms with Gasteiger partial charge in [0.1, 0.15) is 11.9 Å². The van der Waals surface area contributed by atoms with E-state index in [1.54, 1.807) is 12.1 Å². The van der Waals surface area contributed by atoms with Crippen molar-refractivity contribution < 1.29 is 23.1 Å². The molecular weight excluding hydrogens is 456 g/mol. The van der Waals surface area contributed by atoms with Gasteiger partial charge in [-0.2, -0.15) is 4.39 Å². The second-order valence-electron chi connectivity index (χ2n) is 10.8. The van der Waals surface area contributed by atoms with Crippen LogP contribution in [0.25, 0.3) is 0 Å². The fourth-order valence-corrected chi connectivity index (χ4v) is 6.39. The largest absolute Gasteiger partial charge is 0.377 e. The molecule has 0 bridgehead atoms. The summed E-state index contributed by atoms with van der Waals surface area (Å²) in [5.41, 5.74) is 0.498. The van der Waals surface area contributed by atoms with Crippen molar-refractivity contribution >= 4 is 17.5 Å². The Morgan fingerprint density at radius 1 is 1.14 bits per heavy atom. The number of piperazine rings is 1. The van der Waals surface area contributed by atoms with Gasteiger partial charge in [0.25, 0.3) is 5.91 Å². The molecule has 2 aliphatic carbocycles. The van der Waals surface area contributed by atoms with Crippen LogP contribution in [-0.2, 0) is 9.53 Å². The zero-order valence-corrected chi connectivity index (χ0v) is 19.8. The van der Waals surface area contributed by atoms with Crippen molar-refractivity contribution in [2.75, 3.05) is 44.2 Å². The van der Waals surface area contributed by atoms with Crippen LogP contribution in [0.4, 0.5) is 14.5 Å². The predicted molar refractivity (Wildman–Crippen MR) is 124 cm³/mol. The Morgan fingerprint density at radius 3 is 2.69 bits per heavy atom. The lowest BCUT2D eigenvalue weighted by atomic mass is 9.69. The highest BCUT2D eigenvalue weighted by Crippen LogP contribution is 2.42. The molecule has 35 heavy (non-hydrogen) atoms. The number of rotatable bonds is 5. The topological polar surface area (TPSA) is 86.8 Å². The van der Waals surface area contributed by atoms with E-state index in [0.29, 0.717) is 45.0 Å². The van der Waals surface area contributed by atoms with E-state index in [-0.39, 0.29) is 47.4 Å². The molecule has 1 aromatic rings. The zero-order valence-electron chi connectivity index (χ0n) is 19.8. The molecule has 6 rings (SSSR count). The van der Waals surface area contributed by atoms with E-state index in [4.69, 9.17) is 4.74 Å². The number of anilines is 1. The van der Waals surface area contributed by atoms with Gasteiger partial charge in [0.05, 0.1) is 23.8 Å². The van der Waals surface area contributed by atoms with Crippen LogP contribution in [0.15, 0.2) is 12.1 Å². The number of carbonyl (C=O) groups is 2. The normalized spacial score (nSPS) is 35.3. The zero-order chi connectivity index (χ0) is 24.1. The van der Waals surface area contributed by atoms with Gasteiger partial charge in [0, 0.05) is 57.2 Å². The number of nitrogens with zero attached hydrogens (tertiary/aromatic N) is 3. The molecule has 0 spiro atoms. The number of aromatic nitrogens is 1. The maximum absolute atomic E-state index is 15.6. The maximum Gasteiger partial charge on any atom is 0.270 e. The SMILES string of the molecule is O=C(NC1CC1)c1ccc(N2CCN(CC3CCC4C(NC(=O)C5CCOC54)C3F)CC2)c(F)n1. The van der Waals surface area contributed by atoms with Gasteiger partial charge in [-0.1, -0.05) is 0 Å². The fraction of sp³-hybridized carbons (Fsp3) is 0.720. The van der Waals surface area contributed by atoms with Gasteiger partial charge < -0.3 is 20.3 Å². The van der Waals surface area contributed by atoms with Crippen LogP contribution in [0, 0.1) is 23.7 Å². The van der Waals surface area contributed by atoms with Crippen molar-refractivity contribution in [3.63, 3.8) is 0 Å². The van der Waals surface area contributed by atoms with Crippen LogP contribution in [-0.4, -0.2) is 85.4 Å². The van der Waals surface area contributed by atoms with Crippen LogP contribution in [0.2, 0.25) is 0 Å². The number of hydrogen-bond acceptors (Lipinski definition) is 6. The third-order valence-electron chi connectivity index (χ3n) is 8.51. The molecule has 3 saturated heterocycles. The van der Waals surface area contributed by atoms with E-state index in [0.717, 1.165) is 32.1 Å². The summed E-state index contributed by atoms with van der Waals surface area (Å²) in [7, 11) is 0. The Kier molecular flexibility index (Phi) is 6.12. The highest BCUT2D eigenvalue weighted by atomic mass is 19.1. The quantitative estimate of drug-likeness (QED) is 0.610. The number of pyridine rings is 1. The second-order valence-corrected chi connectivity index (χ2v) is 10.8. The van der Waals surface area contributed by atoms with Gasteiger partial charge in [-0.3, -0.25) is 14.5 Å². The van der Waals surface area contributed by atoms with Gasteiger partial charge in [0.15, 0.2) is 0 Å². The molecular formula is C25H33F2N5O3. The molecule has 6 atom stereocenters. The molecule has 190 valence electrons. The van der Waals surface area contributed by atoms with Gasteiger partial charge in [0.2, 0.25) is 11.9 Å². The highest BCUT2D eigenvalue weighted by molar-refractivity contribution is 5.92. The molecule has 0 radical (unpaired) electrons. The number of halogens is 2. The van der Waals surface area contributed by atoms with Crippen molar-refractivity contribution in [3.05, 3.63) is 23.8 Å². The molecule has 8 nitrogen and oxygen atoms in total. The molecule has 10 heteroatoms. The Labute approximate surface area is 203 Å². The molecule has 6 unspecified atom stereocenters.